The summed E-state index contributed by atoms with van der Waals surface area (Å²) in [7, 11) is 1.34. The predicted molar refractivity (Wildman–Crippen MR) is 74.7 cm³/mol. The number of amides is 1. The van der Waals surface area contributed by atoms with Crippen LogP contribution in [0.4, 0.5) is 4.39 Å². The number of hydrogen-bond acceptors (Lipinski definition) is 3. The average Bonchev–Trinajstić information content (AvgIpc) is 2.82. The van der Waals surface area contributed by atoms with Gasteiger partial charge in [-0.15, -0.1) is 0 Å². The molecule has 108 valence electrons. The van der Waals surface area contributed by atoms with Gasteiger partial charge < -0.3 is 9.64 Å². The Morgan fingerprint density at radius 2 is 2.10 bits per heavy atom. The second-order valence-electron chi connectivity index (χ2n) is 4.92. The molecule has 6 heteroatoms. The van der Waals surface area contributed by atoms with Gasteiger partial charge in [-0.25, -0.2) is 4.39 Å². The Morgan fingerprint density at radius 1 is 1.40 bits per heavy atom. The second kappa shape index (κ2) is 5.91. The van der Waals surface area contributed by atoms with Crippen molar-refractivity contribution in [2.24, 2.45) is 11.8 Å². The lowest BCUT2D eigenvalue weighted by molar-refractivity contribution is -0.146. The van der Waals surface area contributed by atoms with Crippen LogP contribution >= 0.6 is 15.9 Å². The smallest absolute Gasteiger partial charge is 0.310 e. The molecule has 2 rings (SSSR count). The molecule has 1 saturated heterocycles. The van der Waals surface area contributed by atoms with Crippen molar-refractivity contribution in [2.45, 2.75) is 6.92 Å². The number of halogens is 2. The first-order chi connectivity index (χ1) is 9.45. The van der Waals surface area contributed by atoms with Crippen LogP contribution in [0.3, 0.4) is 0 Å². The first-order valence-corrected chi connectivity index (χ1v) is 7.06. The molecule has 1 heterocycles. The number of carbonyl (C=O) groups is 2. The maximum Gasteiger partial charge on any atom is 0.310 e. The van der Waals surface area contributed by atoms with Gasteiger partial charge in [0.15, 0.2) is 0 Å². The van der Waals surface area contributed by atoms with Crippen LogP contribution in [0.5, 0.6) is 0 Å². The van der Waals surface area contributed by atoms with E-state index in [0.29, 0.717) is 13.1 Å². The van der Waals surface area contributed by atoms with Crippen molar-refractivity contribution in [3.63, 3.8) is 0 Å². The minimum absolute atomic E-state index is 0.0266. The number of carbonyl (C=O) groups excluding carboxylic acids is 2. The number of ether oxygens (including phenoxy) is 1. The van der Waals surface area contributed by atoms with Crippen molar-refractivity contribution in [1.29, 1.82) is 0 Å². The maximum absolute atomic E-state index is 13.5. The van der Waals surface area contributed by atoms with Crippen LogP contribution in [-0.4, -0.2) is 37.0 Å². The van der Waals surface area contributed by atoms with Gasteiger partial charge in [0, 0.05) is 13.1 Å². The number of methoxy groups -OCH3 is 1. The van der Waals surface area contributed by atoms with E-state index in [-0.39, 0.29) is 33.7 Å². The Balaban J connectivity index is 2.19. The van der Waals surface area contributed by atoms with Crippen LogP contribution in [0, 0.1) is 17.7 Å². The quantitative estimate of drug-likeness (QED) is 0.775. The maximum atomic E-state index is 13.5. The van der Waals surface area contributed by atoms with Crippen molar-refractivity contribution in [3.8, 4) is 0 Å². The molecule has 0 spiro atoms. The lowest BCUT2D eigenvalue weighted by Gasteiger charge is -2.17. The van der Waals surface area contributed by atoms with Gasteiger partial charge in [0.2, 0.25) is 0 Å². The fraction of sp³-hybridized carbons (Fsp3) is 0.429. The molecule has 0 saturated carbocycles. The van der Waals surface area contributed by atoms with Gasteiger partial charge in [0.25, 0.3) is 5.91 Å². The summed E-state index contributed by atoms with van der Waals surface area (Å²) in [6, 6.07) is 4.33. The van der Waals surface area contributed by atoms with E-state index in [0.717, 1.165) is 0 Å². The monoisotopic (exact) mass is 343 g/mol. The highest BCUT2D eigenvalue weighted by Crippen LogP contribution is 2.28. The van der Waals surface area contributed by atoms with E-state index in [1.807, 2.05) is 6.92 Å². The topological polar surface area (TPSA) is 46.6 Å². The first-order valence-electron chi connectivity index (χ1n) is 6.26. The van der Waals surface area contributed by atoms with Gasteiger partial charge in [-0.05, 0) is 34.0 Å². The fourth-order valence-corrected chi connectivity index (χ4v) is 2.86. The summed E-state index contributed by atoms with van der Waals surface area (Å²) >= 11 is 3.09. The molecule has 0 N–H and O–H groups in total. The summed E-state index contributed by atoms with van der Waals surface area (Å²) in [4.78, 5) is 25.6. The molecule has 0 bridgehead atoms. The number of esters is 1. The van der Waals surface area contributed by atoms with E-state index in [1.165, 1.54) is 19.2 Å². The van der Waals surface area contributed by atoms with Gasteiger partial charge in [0.1, 0.15) is 5.82 Å². The Bertz CT molecular complexity index is 549. The Labute approximate surface area is 125 Å². The molecule has 2 atom stereocenters. The summed E-state index contributed by atoms with van der Waals surface area (Å²) in [5, 5.41) is 0. The molecule has 1 amide bonds. The number of benzene rings is 1. The molecule has 1 aliphatic heterocycles. The van der Waals surface area contributed by atoms with E-state index < -0.39 is 5.82 Å². The highest BCUT2D eigenvalue weighted by Gasteiger charge is 2.38. The zero-order valence-corrected chi connectivity index (χ0v) is 12.8. The lowest BCUT2D eigenvalue weighted by atomic mass is 9.99. The third-order valence-corrected chi connectivity index (χ3v) is 4.39. The summed E-state index contributed by atoms with van der Waals surface area (Å²) < 4.78 is 18.4. The number of likely N-dealkylation sites (tertiary alicyclic amines) is 1. The SMILES string of the molecule is COC(=O)C1CN(C(=O)c2cccc(F)c2Br)CC1C. The van der Waals surface area contributed by atoms with E-state index in [4.69, 9.17) is 4.74 Å². The summed E-state index contributed by atoms with van der Waals surface area (Å²) in [5.41, 5.74) is 0.266. The summed E-state index contributed by atoms with van der Waals surface area (Å²) in [6.45, 7) is 2.66. The zero-order valence-electron chi connectivity index (χ0n) is 11.2. The Morgan fingerprint density at radius 3 is 2.75 bits per heavy atom. The van der Waals surface area contributed by atoms with Crippen molar-refractivity contribution in [3.05, 3.63) is 34.1 Å². The second-order valence-corrected chi connectivity index (χ2v) is 5.71. The van der Waals surface area contributed by atoms with Crippen molar-refractivity contribution >= 4 is 27.8 Å². The molecule has 1 fully saturated rings. The van der Waals surface area contributed by atoms with Gasteiger partial charge in [-0.1, -0.05) is 13.0 Å². The van der Waals surface area contributed by atoms with Gasteiger partial charge in [0.05, 0.1) is 23.1 Å². The van der Waals surface area contributed by atoms with Crippen molar-refractivity contribution < 1.29 is 18.7 Å². The molecule has 1 aromatic rings. The van der Waals surface area contributed by atoms with E-state index in [9.17, 15) is 14.0 Å². The molecule has 4 nitrogen and oxygen atoms in total. The van der Waals surface area contributed by atoms with E-state index >= 15 is 0 Å². The Hall–Kier alpha value is -1.43. The fourth-order valence-electron chi connectivity index (χ4n) is 2.43. The molecule has 0 radical (unpaired) electrons. The summed E-state index contributed by atoms with van der Waals surface area (Å²) in [6.07, 6.45) is 0. The van der Waals surface area contributed by atoms with Crippen molar-refractivity contribution in [2.75, 3.05) is 20.2 Å². The number of nitrogens with zero attached hydrogens (tertiary/aromatic N) is 1. The third kappa shape index (κ3) is 2.70. The van der Waals surface area contributed by atoms with Crippen LogP contribution < -0.4 is 0 Å². The van der Waals surface area contributed by atoms with Crippen LogP contribution in [0.25, 0.3) is 0 Å². The number of hydrogen-bond donors (Lipinski definition) is 0. The minimum Gasteiger partial charge on any atom is -0.469 e. The minimum atomic E-state index is -0.479. The van der Waals surface area contributed by atoms with Crippen LogP contribution in [0.1, 0.15) is 17.3 Å². The van der Waals surface area contributed by atoms with Gasteiger partial charge >= 0.3 is 5.97 Å². The molecule has 20 heavy (non-hydrogen) atoms. The molecule has 2 unspecified atom stereocenters. The molecule has 0 aromatic heterocycles. The van der Waals surface area contributed by atoms with E-state index in [2.05, 4.69) is 15.9 Å². The first kappa shape index (κ1) is 15.0. The molecular formula is C14H15BrFNO3. The van der Waals surface area contributed by atoms with Crippen molar-refractivity contribution in [1.82, 2.24) is 4.90 Å². The standard InChI is InChI=1S/C14H15BrFNO3/c1-8-6-17(7-10(8)14(19)20-2)13(18)9-4-3-5-11(16)12(9)15/h3-5,8,10H,6-7H2,1-2H3. The van der Waals surface area contributed by atoms with Gasteiger partial charge in [-0.2, -0.15) is 0 Å². The Kier molecular flexibility index (Phi) is 4.42. The zero-order chi connectivity index (χ0) is 14.9. The van der Waals surface area contributed by atoms with Gasteiger partial charge in [-0.3, -0.25) is 9.59 Å². The number of rotatable bonds is 2. The largest absolute Gasteiger partial charge is 0.469 e. The highest BCUT2D eigenvalue weighted by atomic mass is 79.9. The summed E-state index contributed by atoms with van der Waals surface area (Å²) in [5.74, 6) is -1.37. The van der Waals surface area contributed by atoms with Crippen LogP contribution in [0.15, 0.2) is 22.7 Å². The molecule has 1 aromatic carbocycles. The predicted octanol–water partition coefficient (Wildman–Crippen LogP) is 2.47. The third-order valence-electron chi connectivity index (χ3n) is 3.59. The van der Waals surface area contributed by atoms with Crippen LogP contribution in [-0.2, 0) is 9.53 Å². The normalized spacial score (nSPS) is 21.9. The lowest BCUT2D eigenvalue weighted by Crippen LogP contribution is -2.30. The highest BCUT2D eigenvalue weighted by molar-refractivity contribution is 9.10. The molecule has 1 aliphatic rings. The van der Waals surface area contributed by atoms with Crippen LogP contribution in [0.2, 0.25) is 0 Å². The molecular weight excluding hydrogens is 329 g/mol. The average molecular weight is 344 g/mol. The molecule has 0 aliphatic carbocycles. The van der Waals surface area contributed by atoms with E-state index in [1.54, 1.807) is 11.0 Å².